The van der Waals surface area contributed by atoms with Crippen LogP contribution in [0.25, 0.3) is 0 Å². The fourth-order valence-corrected chi connectivity index (χ4v) is 1.17. The lowest BCUT2D eigenvalue weighted by Crippen LogP contribution is -2.29. The molecule has 0 atom stereocenters. The molecule has 0 saturated heterocycles. The molecule has 1 aromatic rings. The van der Waals surface area contributed by atoms with Crippen molar-refractivity contribution in [3.63, 3.8) is 0 Å². The van der Waals surface area contributed by atoms with Crippen LogP contribution in [0, 0.1) is 13.8 Å². The molecule has 0 saturated carbocycles. The normalized spacial score (nSPS) is 11.8. The minimum Gasteiger partial charge on any atom is -0.330 e. The van der Waals surface area contributed by atoms with Crippen molar-refractivity contribution < 1.29 is 0 Å². The zero-order valence-electron chi connectivity index (χ0n) is 8.76. The lowest BCUT2D eigenvalue weighted by Gasteiger charge is -2.22. The largest absolute Gasteiger partial charge is 0.330 e. The van der Waals surface area contributed by atoms with Gasteiger partial charge in [0.05, 0.1) is 5.69 Å². The Morgan fingerprint density at radius 1 is 1.31 bits per heavy atom. The Kier molecular flexibility index (Phi) is 2.66. The summed E-state index contributed by atoms with van der Waals surface area (Å²) in [6.07, 6.45) is 0. The first kappa shape index (κ1) is 10.1. The second-order valence-corrected chi connectivity index (χ2v) is 4.03. The predicted octanol–water partition coefficient (Wildman–Crippen LogP) is 1.33. The summed E-state index contributed by atoms with van der Waals surface area (Å²) in [4.78, 5) is 8.62. The third kappa shape index (κ3) is 2.25. The van der Waals surface area contributed by atoms with Gasteiger partial charge in [0.25, 0.3) is 0 Å². The van der Waals surface area contributed by atoms with E-state index in [9.17, 15) is 0 Å². The van der Waals surface area contributed by atoms with E-state index in [2.05, 4.69) is 23.8 Å². The summed E-state index contributed by atoms with van der Waals surface area (Å²) < 4.78 is 0. The molecule has 0 aliphatic heterocycles. The smallest absolute Gasteiger partial charge is 0.125 e. The predicted molar refractivity (Wildman–Crippen MR) is 53.6 cm³/mol. The average Bonchev–Trinajstić information content (AvgIpc) is 2.02. The number of nitrogens with two attached hydrogens (primary N) is 1. The molecule has 13 heavy (non-hydrogen) atoms. The Balaban J connectivity index is 3.15. The van der Waals surface area contributed by atoms with Gasteiger partial charge in [0, 0.05) is 17.7 Å². The van der Waals surface area contributed by atoms with Gasteiger partial charge in [0.15, 0.2) is 0 Å². The summed E-state index contributed by atoms with van der Waals surface area (Å²) in [6.45, 7) is 8.67. The first-order chi connectivity index (χ1) is 5.95. The Hall–Kier alpha value is -0.960. The average molecular weight is 179 g/mol. The summed E-state index contributed by atoms with van der Waals surface area (Å²) in [7, 11) is 0. The van der Waals surface area contributed by atoms with Gasteiger partial charge in [0.1, 0.15) is 5.82 Å². The summed E-state index contributed by atoms with van der Waals surface area (Å²) >= 11 is 0. The van der Waals surface area contributed by atoms with Crippen LogP contribution in [0.5, 0.6) is 0 Å². The van der Waals surface area contributed by atoms with Crippen LogP contribution >= 0.6 is 0 Å². The van der Waals surface area contributed by atoms with Crippen LogP contribution in [0.3, 0.4) is 0 Å². The minimum absolute atomic E-state index is 0.0571. The molecule has 0 amide bonds. The van der Waals surface area contributed by atoms with Crippen LogP contribution < -0.4 is 5.73 Å². The van der Waals surface area contributed by atoms with Gasteiger partial charge in [-0.1, -0.05) is 13.8 Å². The van der Waals surface area contributed by atoms with E-state index < -0.39 is 0 Å². The lowest BCUT2D eigenvalue weighted by molar-refractivity contribution is 0.517. The summed E-state index contributed by atoms with van der Waals surface area (Å²) in [5.41, 5.74) is 7.65. The Labute approximate surface area is 79.4 Å². The molecule has 0 aliphatic carbocycles. The minimum atomic E-state index is -0.0571. The standard InChI is InChI=1S/C10H17N3/c1-7-5-9(10(3,4)6-11)13-8(2)12-7/h5H,6,11H2,1-4H3. The quantitative estimate of drug-likeness (QED) is 0.745. The van der Waals surface area contributed by atoms with E-state index in [0.29, 0.717) is 6.54 Å². The van der Waals surface area contributed by atoms with Crippen LogP contribution in [-0.2, 0) is 5.41 Å². The van der Waals surface area contributed by atoms with Crippen LogP contribution in [-0.4, -0.2) is 16.5 Å². The molecular formula is C10H17N3. The van der Waals surface area contributed by atoms with Crippen molar-refractivity contribution >= 4 is 0 Å². The third-order valence-corrected chi connectivity index (χ3v) is 2.17. The lowest BCUT2D eigenvalue weighted by atomic mass is 9.89. The molecule has 2 N–H and O–H groups in total. The Bertz CT molecular complexity index is 285. The highest BCUT2D eigenvalue weighted by Gasteiger charge is 2.20. The van der Waals surface area contributed by atoms with Crippen LogP contribution in [0.4, 0.5) is 0 Å². The first-order valence-corrected chi connectivity index (χ1v) is 4.48. The van der Waals surface area contributed by atoms with E-state index in [-0.39, 0.29) is 5.41 Å². The highest BCUT2D eigenvalue weighted by atomic mass is 14.9. The summed E-state index contributed by atoms with van der Waals surface area (Å²) in [5.74, 6) is 0.816. The molecule has 1 heterocycles. The molecule has 0 spiro atoms. The summed E-state index contributed by atoms with van der Waals surface area (Å²) in [5, 5.41) is 0. The van der Waals surface area contributed by atoms with Crippen molar-refractivity contribution in [2.24, 2.45) is 5.73 Å². The van der Waals surface area contributed by atoms with Crippen molar-refractivity contribution in [3.05, 3.63) is 23.3 Å². The molecule has 1 rings (SSSR count). The SMILES string of the molecule is Cc1cc(C(C)(C)CN)nc(C)n1. The van der Waals surface area contributed by atoms with Gasteiger partial charge >= 0.3 is 0 Å². The molecule has 3 nitrogen and oxygen atoms in total. The fourth-order valence-electron chi connectivity index (χ4n) is 1.17. The molecule has 0 radical (unpaired) electrons. The van der Waals surface area contributed by atoms with Crippen molar-refractivity contribution in [3.8, 4) is 0 Å². The molecule has 0 aromatic carbocycles. The van der Waals surface area contributed by atoms with Gasteiger partial charge < -0.3 is 5.73 Å². The number of aromatic nitrogens is 2. The molecule has 0 unspecified atom stereocenters. The molecule has 0 fully saturated rings. The molecule has 3 heteroatoms. The molecule has 0 bridgehead atoms. The zero-order valence-corrected chi connectivity index (χ0v) is 8.76. The van der Waals surface area contributed by atoms with Gasteiger partial charge in [-0.15, -0.1) is 0 Å². The number of aryl methyl sites for hydroxylation is 2. The fraction of sp³-hybridized carbons (Fsp3) is 0.600. The number of rotatable bonds is 2. The van der Waals surface area contributed by atoms with E-state index in [1.54, 1.807) is 0 Å². The Morgan fingerprint density at radius 2 is 1.92 bits per heavy atom. The monoisotopic (exact) mass is 179 g/mol. The Morgan fingerprint density at radius 3 is 2.38 bits per heavy atom. The zero-order chi connectivity index (χ0) is 10.1. The second-order valence-electron chi connectivity index (χ2n) is 4.03. The van der Waals surface area contributed by atoms with Crippen molar-refractivity contribution in [2.75, 3.05) is 6.54 Å². The summed E-state index contributed by atoms with van der Waals surface area (Å²) in [6, 6.07) is 2.00. The van der Waals surface area contributed by atoms with Gasteiger partial charge in [0.2, 0.25) is 0 Å². The molecular weight excluding hydrogens is 162 g/mol. The van der Waals surface area contributed by atoms with Crippen molar-refractivity contribution in [2.45, 2.75) is 33.1 Å². The van der Waals surface area contributed by atoms with E-state index in [4.69, 9.17) is 5.73 Å². The van der Waals surface area contributed by atoms with E-state index in [1.165, 1.54) is 0 Å². The van der Waals surface area contributed by atoms with E-state index in [1.807, 2.05) is 19.9 Å². The topological polar surface area (TPSA) is 51.8 Å². The number of nitrogens with zero attached hydrogens (tertiary/aromatic N) is 2. The number of hydrogen-bond acceptors (Lipinski definition) is 3. The van der Waals surface area contributed by atoms with Crippen molar-refractivity contribution in [1.29, 1.82) is 0 Å². The molecule has 0 aliphatic rings. The van der Waals surface area contributed by atoms with Crippen molar-refractivity contribution in [1.82, 2.24) is 9.97 Å². The van der Waals surface area contributed by atoms with Gasteiger partial charge in [-0.05, 0) is 19.9 Å². The van der Waals surface area contributed by atoms with Crippen LogP contribution in [0.15, 0.2) is 6.07 Å². The van der Waals surface area contributed by atoms with Gasteiger partial charge in [-0.3, -0.25) is 0 Å². The molecule has 72 valence electrons. The highest BCUT2D eigenvalue weighted by molar-refractivity contribution is 5.18. The third-order valence-electron chi connectivity index (χ3n) is 2.17. The van der Waals surface area contributed by atoms with E-state index in [0.717, 1.165) is 17.2 Å². The maximum atomic E-state index is 5.68. The van der Waals surface area contributed by atoms with Crippen LogP contribution in [0.1, 0.15) is 31.1 Å². The highest BCUT2D eigenvalue weighted by Crippen LogP contribution is 2.19. The van der Waals surface area contributed by atoms with E-state index >= 15 is 0 Å². The van der Waals surface area contributed by atoms with Crippen LogP contribution in [0.2, 0.25) is 0 Å². The number of hydrogen-bond donors (Lipinski definition) is 1. The maximum Gasteiger partial charge on any atom is 0.125 e. The first-order valence-electron chi connectivity index (χ1n) is 4.48. The van der Waals surface area contributed by atoms with Gasteiger partial charge in [-0.2, -0.15) is 0 Å². The second kappa shape index (κ2) is 3.42. The molecule has 1 aromatic heterocycles. The van der Waals surface area contributed by atoms with Gasteiger partial charge in [-0.25, -0.2) is 9.97 Å². The maximum absolute atomic E-state index is 5.68.